The SMILES string of the molecule is Cc1csc(C(C)(C)COCc2ccc(F)c(Oc3ccccc3)c2)c1. The van der Waals surface area contributed by atoms with Gasteiger partial charge in [-0.05, 0) is 53.8 Å². The maximum Gasteiger partial charge on any atom is 0.165 e. The first-order valence-corrected chi connectivity index (χ1v) is 9.47. The molecule has 0 fully saturated rings. The molecule has 0 atom stereocenters. The first-order valence-electron chi connectivity index (χ1n) is 8.59. The van der Waals surface area contributed by atoms with Crippen LogP contribution >= 0.6 is 11.3 Å². The van der Waals surface area contributed by atoms with Gasteiger partial charge in [-0.1, -0.05) is 38.1 Å². The average Bonchev–Trinajstić information content (AvgIpc) is 3.06. The van der Waals surface area contributed by atoms with Gasteiger partial charge in [-0.3, -0.25) is 0 Å². The normalized spacial score (nSPS) is 11.5. The number of rotatable bonds is 7. The van der Waals surface area contributed by atoms with E-state index in [2.05, 4.69) is 32.2 Å². The topological polar surface area (TPSA) is 18.5 Å². The predicted octanol–water partition coefficient (Wildman–Crippen LogP) is 6.48. The summed E-state index contributed by atoms with van der Waals surface area (Å²) in [4.78, 5) is 1.31. The van der Waals surface area contributed by atoms with Crippen LogP contribution in [0.4, 0.5) is 4.39 Å². The number of halogens is 1. The second kappa shape index (κ2) is 8.02. The summed E-state index contributed by atoms with van der Waals surface area (Å²) in [6.07, 6.45) is 0. The van der Waals surface area contributed by atoms with Crippen molar-refractivity contribution < 1.29 is 13.9 Å². The molecule has 0 unspecified atom stereocenters. The number of hydrogen-bond donors (Lipinski definition) is 0. The van der Waals surface area contributed by atoms with E-state index < -0.39 is 0 Å². The standard InChI is InChI=1S/C22H23FO2S/c1-16-11-21(26-14-16)22(2,3)15-24-13-17-9-10-19(23)20(12-17)25-18-7-5-4-6-8-18/h4-12,14H,13,15H2,1-3H3. The molecule has 0 saturated heterocycles. The number of aryl methyl sites for hydroxylation is 1. The Kier molecular flexibility index (Phi) is 5.74. The fraction of sp³-hybridized carbons (Fsp3) is 0.273. The third-order valence-corrected chi connectivity index (χ3v) is 5.51. The average molecular weight is 370 g/mol. The van der Waals surface area contributed by atoms with Gasteiger partial charge >= 0.3 is 0 Å². The van der Waals surface area contributed by atoms with E-state index >= 15 is 0 Å². The molecule has 0 aliphatic rings. The van der Waals surface area contributed by atoms with Gasteiger partial charge in [0.2, 0.25) is 0 Å². The molecular formula is C22H23FO2S. The van der Waals surface area contributed by atoms with Crippen molar-refractivity contribution >= 4 is 11.3 Å². The molecule has 0 amide bonds. The maximum absolute atomic E-state index is 14.0. The zero-order valence-electron chi connectivity index (χ0n) is 15.3. The van der Waals surface area contributed by atoms with Crippen LogP contribution in [0.2, 0.25) is 0 Å². The minimum atomic E-state index is -0.382. The Morgan fingerprint density at radius 2 is 1.81 bits per heavy atom. The highest BCUT2D eigenvalue weighted by Gasteiger charge is 2.22. The van der Waals surface area contributed by atoms with Crippen LogP contribution in [0, 0.1) is 12.7 Å². The minimum absolute atomic E-state index is 0.0532. The Hall–Kier alpha value is -2.17. The van der Waals surface area contributed by atoms with Gasteiger partial charge in [0.1, 0.15) is 5.75 Å². The summed E-state index contributed by atoms with van der Waals surface area (Å²) < 4.78 is 25.6. The second-order valence-corrected chi connectivity index (χ2v) is 7.96. The molecule has 26 heavy (non-hydrogen) atoms. The van der Waals surface area contributed by atoms with Crippen LogP contribution in [-0.2, 0) is 16.8 Å². The molecular weight excluding hydrogens is 347 g/mol. The van der Waals surface area contributed by atoms with E-state index in [9.17, 15) is 4.39 Å². The largest absolute Gasteiger partial charge is 0.454 e. The van der Waals surface area contributed by atoms with Gasteiger partial charge in [0.05, 0.1) is 13.2 Å². The van der Waals surface area contributed by atoms with Crippen LogP contribution in [-0.4, -0.2) is 6.61 Å². The molecule has 3 rings (SSSR count). The monoisotopic (exact) mass is 370 g/mol. The lowest BCUT2D eigenvalue weighted by atomic mass is 9.92. The predicted molar refractivity (Wildman–Crippen MR) is 105 cm³/mol. The fourth-order valence-corrected chi connectivity index (χ4v) is 3.63. The Bertz CT molecular complexity index is 856. The van der Waals surface area contributed by atoms with Gasteiger partial charge in [-0.2, -0.15) is 0 Å². The zero-order valence-corrected chi connectivity index (χ0v) is 16.1. The van der Waals surface area contributed by atoms with Crippen LogP contribution in [0.25, 0.3) is 0 Å². The molecule has 2 aromatic carbocycles. The number of ether oxygens (including phenoxy) is 2. The van der Waals surface area contributed by atoms with Crippen molar-refractivity contribution in [3.63, 3.8) is 0 Å². The molecule has 2 nitrogen and oxygen atoms in total. The summed E-state index contributed by atoms with van der Waals surface area (Å²) >= 11 is 1.76. The fourth-order valence-electron chi connectivity index (χ4n) is 2.61. The zero-order chi connectivity index (χ0) is 18.6. The third kappa shape index (κ3) is 4.71. The number of para-hydroxylation sites is 1. The summed E-state index contributed by atoms with van der Waals surface area (Å²) in [6.45, 7) is 7.46. The smallest absolute Gasteiger partial charge is 0.165 e. The van der Waals surface area contributed by atoms with Gasteiger partial charge in [0, 0.05) is 10.3 Å². The molecule has 4 heteroatoms. The quantitative estimate of drug-likeness (QED) is 0.474. The maximum atomic E-state index is 14.0. The van der Waals surface area contributed by atoms with Crippen molar-refractivity contribution in [2.75, 3.05) is 6.61 Å². The van der Waals surface area contributed by atoms with Gasteiger partial charge in [0.15, 0.2) is 11.6 Å². The van der Waals surface area contributed by atoms with Crippen LogP contribution < -0.4 is 4.74 Å². The Morgan fingerprint density at radius 3 is 2.50 bits per heavy atom. The molecule has 0 aliphatic heterocycles. The van der Waals surface area contributed by atoms with Gasteiger partial charge in [-0.25, -0.2) is 4.39 Å². The summed E-state index contributed by atoms with van der Waals surface area (Å²) in [6, 6.07) is 16.3. The van der Waals surface area contributed by atoms with Crippen molar-refractivity contribution in [3.8, 4) is 11.5 Å². The molecule has 1 aromatic heterocycles. The lowest BCUT2D eigenvalue weighted by Gasteiger charge is -2.23. The van der Waals surface area contributed by atoms with E-state index in [0.29, 0.717) is 19.0 Å². The lowest BCUT2D eigenvalue weighted by Crippen LogP contribution is -2.23. The molecule has 0 spiro atoms. The van der Waals surface area contributed by atoms with Crippen LogP contribution in [0.1, 0.15) is 29.9 Å². The van der Waals surface area contributed by atoms with Crippen molar-refractivity contribution in [2.45, 2.75) is 32.8 Å². The van der Waals surface area contributed by atoms with E-state index in [1.807, 2.05) is 18.2 Å². The third-order valence-electron chi connectivity index (χ3n) is 4.10. The Morgan fingerprint density at radius 1 is 1.04 bits per heavy atom. The Balaban J connectivity index is 1.62. The van der Waals surface area contributed by atoms with Gasteiger partial charge < -0.3 is 9.47 Å². The molecule has 3 aromatic rings. The molecule has 0 radical (unpaired) electrons. The minimum Gasteiger partial charge on any atom is -0.454 e. The number of hydrogen-bond acceptors (Lipinski definition) is 3. The van der Waals surface area contributed by atoms with E-state index in [1.54, 1.807) is 35.6 Å². The van der Waals surface area contributed by atoms with E-state index in [0.717, 1.165) is 5.56 Å². The van der Waals surface area contributed by atoms with Crippen LogP contribution in [0.15, 0.2) is 60.0 Å². The molecule has 136 valence electrons. The summed E-state index contributed by atoms with van der Waals surface area (Å²) in [5, 5.41) is 2.16. The number of benzene rings is 2. The summed E-state index contributed by atoms with van der Waals surface area (Å²) in [5.41, 5.74) is 2.11. The molecule has 0 bridgehead atoms. The Labute approximate surface area is 158 Å². The van der Waals surface area contributed by atoms with Crippen molar-refractivity contribution in [2.24, 2.45) is 0 Å². The van der Waals surface area contributed by atoms with Gasteiger partial charge in [0.25, 0.3) is 0 Å². The molecule has 0 aliphatic carbocycles. The van der Waals surface area contributed by atoms with Crippen LogP contribution in [0.5, 0.6) is 11.5 Å². The second-order valence-electron chi connectivity index (χ2n) is 7.04. The highest BCUT2D eigenvalue weighted by atomic mass is 32.1. The lowest BCUT2D eigenvalue weighted by molar-refractivity contribution is 0.0834. The number of thiophene rings is 1. The summed E-state index contributed by atoms with van der Waals surface area (Å²) in [7, 11) is 0. The first kappa shape index (κ1) is 18.6. The highest BCUT2D eigenvalue weighted by Crippen LogP contribution is 2.30. The van der Waals surface area contributed by atoms with E-state index in [1.165, 1.54) is 16.5 Å². The van der Waals surface area contributed by atoms with Crippen LogP contribution in [0.3, 0.4) is 0 Å². The molecule has 0 N–H and O–H groups in total. The van der Waals surface area contributed by atoms with E-state index in [4.69, 9.17) is 9.47 Å². The molecule has 0 saturated carbocycles. The van der Waals surface area contributed by atoms with E-state index in [-0.39, 0.29) is 17.0 Å². The molecule has 1 heterocycles. The van der Waals surface area contributed by atoms with Gasteiger partial charge in [-0.15, -0.1) is 11.3 Å². The van der Waals surface area contributed by atoms with Crippen molar-refractivity contribution in [3.05, 3.63) is 81.8 Å². The summed E-state index contributed by atoms with van der Waals surface area (Å²) in [5.74, 6) is 0.441. The van der Waals surface area contributed by atoms with Crippen molar-refractivity contribution in [1.82, 2.24) is 0 Å². The highest BCUT2D eigenvalue weighted by molar-refractivity contribution is 7.10. The van der Waals surface area contributed by atoms with Crippen molar-refractivity contribution in [1.29, 1.82) is 0 Å². The first-order chi connectivity index (χ1) is 12.4.